The van der Waals surface area contributed by atoms with Gasteiger partial charge in [-0.3, -0.25) is 4.79 Å². The van der Waals surface area contributed by atoms with E-state index in [1.165, 1.54) is 0 Å². The lowest BCUT2D eigenvalue weighted by Crippen LogP contribution is -2.27. The fourth-order valence-corrected chi connectivity index (χ4v) is 1.92. The summed E-state index contributed by atoms with van der Waals surface area (Å²) in [7, 11) is 0. The van der Waals surface area contributed by atoms with E-state index in [0.717, 1.165) is 16.4 Å². The summed E-state index contributed by atoms with van der Waals surface area (Å²) in [5.74, 6) is 0.694. The van der Waals surface area contributed by atoms with Gasteiger partial charge in [0.05, 0.1) is 11.9 Å². The summed E-state index contributed by atoms with van der Waals surface area (Å²) in [5.41, 5.74) is 1.26. The molecule has 0 saturated heterocycles. The van der Waals surface area contributed by atoms with E-state index in [2.05, 4.69) is 15.6 Å². The zero-order valence-corrected chi connectivity index (χ0v) is 13.7. The molecule has 0 aliphatic carbocycles. The van der Waals surface area contributed by atoms with Gasteiger partial charge in [-0.15, -0.1) is 0 Å². The molecular weight excluding hydrogens is 298 g/mol. The number of carbonyl (C=O) groups excluding carboxylic acids is 1. The van der Waals surface area contributed by atoms with E-state index < -0.39 is 5.41 Å². The molecule has 0 radical (unpaired) electrons. The minimum Gasteiger partial charge on any atom is -0.366 e. The van der Waals surface area contributed by atoms with Crippen molar-refractivity contribution in [2.45, 2.75) is 27.3 Å². The van der Waals surface area contributed by atoms with Gasteiger partial charge in [0.2, 0.25) is 5.91 Å². The molecule has 4 nitrogen and oxygen atoms in total. The van der Waals surface area contributed by atoms with Gasteiger partial charge in [0.1, 0.15) is 5.82 Å². The van der Waals surface area contributed by atoms with Crippen molar-refractivity contribution in [1.29, 1.82) is 0 Å². The highest BCUT2D eigenvalue weighted by Gasteiger charge is 2.21. The van der Waals surface area contributed by atoms with Gasteiger partial charge in [0.25, 0.3) is 0 Å². The standard InChI is InChI=1S/C17H20ClN3O/c1-17(2,3)16(22)21-13-8-9-15(20-11-13)19-10-12-6-4-5-7-14(12)18/h4-9,11H,10H2,1-3H3,(H,19,20)(H,21,22). The van der Waals surface area contributed by atoms with Gasteiger partial charge >= 0.3 is 0 Å². The van der Waals surface area contributed by atoms with Crippen LogP contribution in [0.5, 0.6) is 0 Å². The molecule has 5 heteroatoms. The van der Waals surface area contributed by atoms with Crippen molar-refractivity contribution in [3.05, 3.63) is 53.2 Å². The predicted octanol–water partition coefficient (Wildman–Crippen LogP) is 4.33. The molecule has 22 heavy (non-hydrogen) atoms. The van der Waals surface area contributed by atoms with Crippen LogP contribution in [0.25, 0.3) is 0 Å². The number of pyridine rings is 1. The van der Waals surface area contributed by atoms with E-state index in [0.29, 0.717) is 12.2 Å². The Morgan fingerprint density at radius 2 is 1.91 bits per heavy atom. The average Bonchev–Trinajstić information content (AvgIpc) is 2.47. The van der Waals surface area contributed by atoms with E-state index in [-0.39, 0.29) is 5.91 Å². The summed E-state index contributed by atoms with van der Waals surface area (Å²) in [4.78, 5) is 16.2. The van der Waals surface area contributed by atoms with Crippen LogP contribution in [0.2, 0.25) is 5.02 Å². The molecule has 116 valence electrons. The van der Waals surface area contributed by atoms with Crippen molar-refractivity contribution in [2.75, 3.05) is 10.6 Å². The van der Waals surface area contributed by atoms with Crippen LogP contribution in [0.1, 0.15) is 26.3 Å². The van der Waals surface area contributed by atoms with Crippen LogP contribution >= 0.6 is 11.6 Å². The number of amides is 1. The van der Waals surface area contributed by atoms with Gasteiger partial charge in [0.15, 0.2) is 0 Å². The molecule has 0 spiro atoms. The second-order valence-corrected chi connectivity index (χ2v) is 6.49. The maximum atomic E-state index is 11.9. The maximum Gasteiger partial charge on any atom is 0.229 e. The molecule has 0 aliphatic rings. The highest BCUT2D eigenvalue weighted by Crippen LogP contribution is 2.19. The van der Waals surface area contributed by atoms with Crippen molar-refractivity contribution in [2.24, 2.45) is 5.41 Å². The summed E-state index contributed by atoms with van der Waals surface area (Å²) < 4.78 is 0. The van der Waals surface area contributed by atoms with Crippen molar-refractivity contribution < 1.29 is 4.79 Å². The number of halogens is 1. The first-order valence-corrected chi connectivity index (χ1v) is 7.49. The molecule has 0 bridgehead atoms. The lowest BCUT2D eigenvalue weighted by atomic mass is 9.96. The van der Waals surface area contributed by atoms with Gasteiger partial charge in [-0.25, -0.2) is 4.98 Å². The molecule has 1 heterocycles. The molecule has 2 aromatic rings. The molecule has 2 rings (SSSR count). The van der Waals surface area contributed by atoms with Crippen molar-refractivity contribution >= 4 is 29.0 Å². The van der Waals surface area contributed by atoms with E-state index in [9.17, 15) is 4.79 Å². The predicted molar refractivity (Wildman–Crippen MR) is 91.1 cm³/mol. The molecule has 0 saturated carbocycles. The number of hydrogen-bond donors (Lipinski definition) is 2. The van der Waals surface area contributed by atoms with Gasteiger partial charge in [-0.2, -0.15) is 0 Å². The molecule has 2 N–H and O–H groups in total. The Kier molecular flexibility index (Phi) is 5.03. The molecule has 1 aromatic carbocycles. The van der Waals surface area contributed by atoms with Crippen LogP contribution in [0.3, 0.4) is 0 Å². The number of carbonyl (C=O) groups is 1. The third-order valence-electron chi connectivity index (χ3n) is 3.12. The van der Waals surface area contributed by atoms with Gasteiger partial charge in [-0.05, 0) is 23.8 Å². The topological polar surface area (TPSA) is 54.0 Å². The minimum atomic E-state index is -0.430. The van der Waals surface area contributed by atoms with Crippen LogP contribution < -0.4 is 10.6 Å². The van der Waals surface area contributed by atoms with E-state index in [1.54, 1.807) is 6.20 Å². The SMILES string of the molecule is CC(C)(C)C(=O)Nc1ccc(NCc2ccccc2Cl)nc1. The minimum absolute atomic E-state index is 0.0360. The van der Waals surface area contributed by atoms with Crippen LogP contribution in [-0.2, 0) is 11.3 Å². The smallest absolute Gasteiger partial charge is 0.229 e. The van der Waals surface area contributed by atoms with E-state index >= 15 is 0 Å². The highest BCUT2D eigenvalue weighted by molar-refractivity contribution is 6.31. The summed E-state index contributed by atoms with van der Waals surface area (Å²) in [5, 5.41) is 6.77. The fourth-order valence-electron chi connectivity index (χ4n) is 1.72. The van der Waals surface area contributed by atoms with Crippen LogP contribution in [0.15, 0.2) is 42.6 Å². The first-order valence-electron chi connectivity index (χ1n) is 7.11. The van der Waals surface area contributed by atoms with E-state index in [1.807, 2.05) is 57.2 Å². The van der Waals surface area contributed by atoms with Crippen molar-refractivity contribution in [1.82, 2.24) is 4.98 Å². The largest absolute Gasteiger partial charge is 0.366 e. The fraction of sp³-hybridized carbons (Fsp3) is 0.294. The molecule has 0 fully saturated rings. The molecule has 1 aromatic heterocycles. The third kappa shape index (κ3) is 4.46. The lowest BCUT2D eigenvalue weighted by Gasteiger charge is -2.17. The zero-order valence-electron chi connectivity index (χ0n) is 13.0. The molecule has 0 aliphatic heterocycles. The number of nitrogens with zero attached hydrogens (tertiary/aromatic N) is 1. The Morgan fingerprint density at radius 3 is 2.50 bits per heavy atom. The quantitative estimate of drug-likeness (QED) is 0.882. The number of rotatable bonds is 4. The summed E-state index contributed by atoms with van der Waals surface area (Å²) in [6.07, 6.45) is 1.64. The summed E-state index contributed by atoms with van der Waals surface area (Å²) in [6.45, 7) is 6.21. The van der Waals surface area contributed by atoms with Crippen LogP contribution in [0, 0.1) is 5.41 Å². The van der Waals surface area contributed by atoms with Gasteiger partial charge < -0.3 is 10.6 Å². The van der Waals surface area contributed by atoms with Gasteiger partial charge in [0, 0.05) is 17.0 Å². The first kappa shape index (κ1) is 16.3. The monoisotopic (exact) mass is 317 g/mol. The Labute approximate surface area is 135 Å². The molecule has 0 unspecified atom stereocenters. The first-order chi connectivity index (χ1) is 10.4. The summed E-state index contributed by atoms with van der Waals surface area (Å²) in [6, 6.07) is 11.3. The average molecular weight is 318 g/mol. The Balaban J connectivity index is 1.95. The van der Waals surface area contributed by atoms with E-state index in [4.69, 9.17) is 11.6 Å². The molecule has 1 amide bonds. The third-order valence-corrected chi connectivity index (χ3v) is 3.49. The number of benzene rings is 1. The number of anilines is 2. The molecular formula is C17H20ClN3O. The second kappa shape index (κ2) is 6.79. The normalized spacial score (nSPS) is 11.1. The highest BCUT2D eigenvalue weighted by atomic mass is 35.5. The Morgan fingerprint density at radius 1 is 1.18 bits per heavy atom. The van der Waals surface area contributed by atoms with Crippen molar-refractivity contribution in [3.8, 4) is 0 Å². The number of nitrogens with one attached hydrogen (secondary N) is 2. The summed E-state index contributed by atoms with van der Waals surface area (Å²) >= 11 is 6.11. The second-order valence-electron chi connectivity index (χ2n) is 6.08. The Bertz CT molecular complexity index is 648. The van der Waals surface area contributed by atoms with Crippen LogP contribution in [0.4, 0.5) is 11.5 Å². The lowest BCUT2D eigenvalue weighted by molar-refractivity contribution is -0.123. The van der Waals surface area contributed by atoms with Crippen molar-refractivity contribution in [3.63, 3.8) is 0 Å². The zero-order chi connectivity index (χ0) is 16.2. The van der Waals surface area contributed by atoms with Crippen LogP contribution in [-0.4, -0.2) is 10.9 Å². The number of aromatic nitrogens is 1. The molecule has 0 atom stereocenters. The number of hydrogen-bond acceptors (Lipinski definition) is 3. The van der Waals surface area contributed by atoms with Gasteiger partial charge in [-0.1, -0.05) is 50.6 Å². The Hall–Kier alpha value is -2.07. The maximum absolute atomic E-state index is 11.9.